The largest absolute Gasteiger partial charge is 0.335 e. The van der Waals surface area contributed by atoms with Crippen LogP contribution in [0.4, 0.5) is 0 Å². The molecule has 1 heterocycles. The molecular formula is C6H16N2O2S. The molecule has 0 aromatic carbocycles. The van der Waals surface area contributed by atoms with Gasteiger partial charge < -0.3 is 11.1 Å². The van der Waals surface area contributed by atoms with E-state index < -0.39 is 11.6 Å². The Balaban J connectivity index is 0. The van der Waals surface area contributed by atoms with E-state index in [1.165, 1.54) is 20.1 Å². The van der Waals surface area contributed by atoms with Gasteiger partial charge in [0.2, 0.25) is 0 Å². The molecule has 0 bridgehead atoms. The fourth-order valence-electron chi connectivity index (χ4n) is 0.625. The third-order valence-electron chi connectivity index (χ3n) is 1.21. The van der Waals surface area contributed by atoms with Gasteiger partial charge in [0.25, 0.3) is 0 Å². The van der Waals surface area contributed by atoms with Crippen LogP contribution in [0.3, 0.4) is 0 Å². The highest BCUT2D eigenvalue weighted by molar-refractivity contribution is 7.51. The van der Waals surface area contributed by atoms with E-state index in [9.17, 15) is 0 Å². The molecule has 0 amide bonds. The van der Waals surface area contributed by atoms with Crippen LogP contribution in [0, 0.1) is 5.41 Å². The van der Waals surface area contributed by atoms with Crippen molar-refractivity contribution < 1.29 is 8.42 Å². The van der Waals surface area contributed by atoms with Gasteiger partial charge >= 0.3 is 11.6 Å². The zero-order chi connectivity index (χ0) is 9.33. The molecule has 1 rings (SSSR count). The smallest absolute Gasteiger partial charge is 0.333 e. The summed E-state index contributed by atoms with van der Waals surface area (Å²) < 4.78 is 16.6. The van der Waals surface area contributed by atoms with Crippen LogP contribution in [0.2, 0.25) is 0 Å². The third kappa shape index (κ3) is 9.74. The monoisotopic (exact) mass is 180 g/mol. The van der Waals surface area contributed by atoms with Crippen LogP contribution < -0.4 is 11.1 Å². The van der Waals surface area contributed by atoms with Crippen molar-refractivity contribution in [2.45, 2.75) is 13.8 Å². The molecule has 1 saturated heterocycles. The van der Waals surface area contributed by atoms with E-state index in [0.717, 1.165) is 0 Å². The Morgan fingerprint density at radius 2 is 1.45 bits per heavy atom. The van der Waals surface area contributed by atoms with E-state index in [1.54, 1.807) is 0 Å². The van der Waals surface area contributed by atoms with E-state index in [1.807, 2.05) is 0 Å². The zero-order valence-electron chi connectivity index (χ0n) is 7.22. The Bertz CT molecular complexity index is 116. The van der Waals surface area contributed by atoms with E-state index >= 15 is 0 Å². The van der Waals surface area contributed by atoms with Crippen molar-refractivity contribution in [3.8, 4) is 0 Å². The van der Waals surface area contributed by atoms with Gasteiger partial charge in [0.05, 0.1) is 0 Å². The highest BCUT2D eigenvalue weighted by Crippen LogP contribution is 2.18. The number of nitrogens with two attached hydrogens (primary N) is 1. The predicted molar refractivity (Wildman–Crippen MR) is 45.7 cm³/mol. The van der Waals surface area contributed by atoms with Crippen LogP contribution in [-0.4, -0.2) is 28.6 Å². The molecule has 4 nitrogen and oxygen atoms in total. The first kappa shape index (κ1) is 13.3. The summed E-state index contributed by atoms with van der Waals surface area (Å²) in [5.41, 5.74) is 5.11. The number of hydrogen-bond acceptors (Lipinski definition) is 4. The Hall–Kier alpha value is -0.260. The molecular weight excluding hydrogens is 164 g/mol. The van der Waals surface area contributed by atoms with Crippen molar-refractivity contribution >= 4 is 11.6 Å². The fourth-order valence-corrected chi connectivity index (χ4v) is 0.625. The molecule has 1 aliphatic rings. The standard InChI is InChI=1S/C5H11N.CH5N.O2S/c1-5(2)3-6-4-5;1-2;1-3-2/h6H,3-4H2,1-2H3;2H2,1H3;. The molecule has 0 aromatic heterocycles. The van der Waals surface area contributed by atoms with E-state index in [0.29, 0.717) is 5.41 Å². The number of nitrogens with one attached hydrogen (secondary N) is 1. The highest BCUT2D eigenvalue weighted by atomic mass is 32.1. The molecule has 0 atom stereocenters. The summed E-state index contributed by atoms with van der Waals surface area (Å²) in [5, 5.41) is 3.20. The normalized spacial score (nSPS) is 17.5. The first-order valence-corrected chi connectivity index (χ1v) is 3.99. The lowest BCUT2D eigenvalue weighted by Crippen LogP contribution is -2.49. The molecule has 0 aromatic rings. The van der Waals surface area contributed by atoms with Crippen LogP contribution in [0.5, 0.6) is 0 Å². The van der Waals surface area contributed by atoms with Gasteiger partial charge in [0.15, 0.2) is 0 Å². The van der Waals surface area contributed by atoms with Gasteiger partial charge in [0, 0.05) is 13.1 Å². The summed E-state index contributed by atoms with van der Waals surface area (Å²) in [7, 11) is 1.50. The minimum absolute atomic E-state index is 0.611. The van der Waals surface area contributed by atoms with Gasteiger partial charge in [-0.1, -0.05) is 13.8 Å². The lowest BCUT2D eigenvalue weighted by Gasteiger charge is -2.35. The maximum absolute atomic E-state index is 8.29. The SMILES string of the molecule is CC1(C)CNC1.CN.O=S=O. The van der Waals surface area contributed by atoms with E-state index in [-0.39, 0.29) is 0 Å². The van der Waals surface area contributed by atoms with Crippen LogP contribution >= 0.6 is 0 Å². The lowest BCUT2D eigenvalue weighted by molar-refractivity contribution is 0.226. The van der Waals surface area contributed by atoms with E-state index in [2.05, 4.69) is 24.9 Å². The quantitative estimate of drug-likeness (QED) is 0.528. The molecule has 5 heteroatoms. The maximum Gasteiger partial charge on any atom is 0.335 e. The molecule has 68 valence electrons. The van der Waals surface area contributed by atoms with Gasteiger partial charge in [0.1, 0.15) is 0 Å². The van der Waals surface area contributed by atoms with Crippen LogP contribution in [0.1, 0.15) is 13.8 Å². The summed E-state index contributed by atoms with van der Waals surface area (Å²) in [5.74, 6) is 0. The second-order valence-electron chi connectivity index (χ2n) is 2.84. The van der Waals surface area contributed by atoms with Gasteiger partial charge in [-0.2, -0.15) is 8.42 Å². The Morgan fingerprint density at radius 3 is 1.45 bits per heavy atom. The highest BCUT2D eigenvalue weighted by Gasteiger charge is 2.24. The Kier molecular flexibility index (Phi) is 9.51. The summed E-state index contributed by atoms with van der Waals surface area (Å²) >= 11 is -0.750. The van der Waals surface area contributed by atoms with Crippen molar-refractivity contribution in [2.24, 2.45) is 11.1 Å². The van der Waals surface area contributed by atoms with Crippen LogP contribution in [0.15, 0.2) is 0 Å². The van der Waals surface area contributed by atoms with Crippen molar-refractivity contribution in [3.05, 3.63) is 0 Å². The van der Waals surface area contributed by atoms with Crippen molar-refractivity contribution in [1.29, 1.82) is 0 Å². The van der Waals surface area contributed by atoms with Gasteiger partial charge in [-0.05, 0) is 12.5 Å². The second kappa shape index (κ2) is 7.84. The molecule has 0 radical (unpaired) electrons. The minimum atomic E-state index is -0.750. The first-order valence-electron chi connectivity index (χ1n) is 3.32. The average Bonchev–Trinajstić information content (AvgIpc) is 1.91. The van der Waals surface area contributed by atoms with Gasteiger partial charge in [-0.25, -0.2) is 0 Å². The topological polar surface area (TPSA) is 72.2 Å². The van der Waals surface area contributed by atoms with E-state index in [4.69, 9.17) is 8.42 Å². The molecule has 0 spiro atoms. The molecule has 1 fully saturated rings. The summed E-state index contributed by atoms with van der Waals surface area (Å²) in [6, 6.07) is 0. The first-order chi connectivity index (χ1) is 5.12. The summed E-state index contributed by atoms with van der Waals surface area (Å²) in [4.78, 5) is 0. The molecule has 3 N–H and O–H groups in total. The Morgan fingerprint density at radius 1 is 1.27 bits per heavy atom. The van der Waals surface area contributed by atoms with Crippen LogP contribution in [0.25, 0.3) is 0 Å². The van der Waals surface area contributed by atoms with Crippen molar-refractivity contribution in [2.75, 3.05) is 20.1 Å². The number of rotatable bonds is 0. The average molecular weight is 180 g/mol. The third-order valence-corrected chi connectivity index (χ3v) is 1.21. The minimum Gasteiger partial charge on any atom is -0.333 e. The van der Waals surface area contributed by atoms with Crippen molar-refractivity contribution in [3.63, 3.8) is 0 Å². The zero-order valence-corrected chi connectivity index (χ0v) is 8.03. The van der Waals surface area contributed by atoms with Crippen molar-refractivity contribution in [1.82, 2.24) is 5.32 Å². The molecule has 11 heavy (non-hydrogen) atoms. The lowest BCUT2D eigenvalue weighted by atomic mass is 9.87. The van der Waals surface area contributed by atoms with Crippen LogP contribution in [-0.2, 0) is 11.6 Å². The predicted octanol–water partition coefficient (Wildman–Crippen LogP) is -0.479. The van der Waals surface area contributed by atoms with Gasteiger partial charge in [-0.3, -0.25) is 0 Å². The van der Waals surface area contributed by atoms with Gasteiger partial charge in [-0.15, -0.1) is 0 Å². The molecule has 0 saturated carbocycles. The molecule has 0 unspecified atom stereocenters. The molecule has 1 aliphatic heterocycles. The Labute approximate surface area is 71.1 Å². The summed E-state index contributed by atoms with van der Waals surface area (Å²) in [6.45, 7) is 6.94. The fraction of sp³-hybridized carbons (Fsp3) is 1.00. The second-order valence-corrected chi connectivity index (χ2v) is 2.97. The maximum atomic E-state index is 8.29. The molecule has 0 aliphatic carbocycles. The summed E-state index contributed by atoms with van der Waals surface area (Å²) in [6.07, 6.45) is 0. The number of hydrogen-bond donors (Lipinski definition) is 2.